The zero-order valence-electron chi connectivity index (χ0n) is 37.7. The van der Waals surface area contributed by atoms with Crippen LogP contribution in [0.15, 0.2) is 261 Å². The molecule has 320 valence electrons. The molecule has 1 aromatic heterocycles. The molecule has 11 aromatic carbocycles. The molecule has 1 heterocycles. The van der Waals surface area contributed by atoms with Crippen LogP contribution in [0.1, 0.15) is 23.6 Å². The van der Waals surface area contributed by atoms with E-state index in [2.05, 4.69) is 277 Å². The number of hydrogen-bond acceptors (Lipinski definition) is 1. The molecule has 68 heavy (non-hydrogen) atoms. The fourth-order valence-electron chi connectivity index (χ4n) is 11.3. The Morgan fingerprint density at radius 3 is 1.74 bits per heavy atom. The molecule has 0 aliphatic heterocycles. The Morgan fingerprint density at radius 1 is 0.368 bits per heavy atom. The number of rotatable bonds is 8. The summed E-state index contributed by atoms with van der Waals surface area (Å²) >= 11 is 0. The van der Waals surface area contributed by atoms with E-state index in [-0.39, 0.29) is 5.41 Å². The minimum Gasteiger partial charge on any atom is -0.309 e. The van der Waals surface area contributed by atoms with Crippen LogP contribution in [0.4, 0.5) is 17.1 Å². The standard InChI is InChI=1S/C66H46N2/c1-66(49-24-7-3-8-25-49)58-33-14-11-30-57(58)65-59(66)34-19-37-62(65)67(61-36-16-13-29-54(61)56-32-18-23-47-22-17-31-52(64(47)56)46-20-5-2-6-21-46)51-41-38-45(39-42-51)48-40-43-55-53-28-12-15-35-60(53)68(63(55)44-48)50-26-9-4-10-27-50/h2-44H,1H3. The fourth-order valence-corrected chi connectivity index (χ4v) is 11.3. The van der Waals surface area contributed by atoms with Crippen molar-refractivity contribution >= 4 is 49.6 Å². The zero-order valence-corrected chi connectivity index (χ0v) is 37.7. The smallest absolute Gasteiger partial charge is 0.0547 e. The summed E-state index contributed by atoms with van der Waals surface area (Å²) in [6.45, 7) is 2.40. The van der Waals surface area contributed by atoms with Gasteiger partial charge in [0.1, 0.15) is 0 Å². The molecule has 2 heteroatoms. The summed E-state index contributed by atoms with van der Waals surface area (Å²) in [5.41, 5.74) is 20.1. The Labute approximate surface area is 397 Å². The summed E-state index contributed by atoms with van der Waals surface area (Å²) in [4.78, 5) is 2.52. The van der Waals surface area contributed by atoms with Crippen LogP contribution in [0.5, 0.6) is 0 Å². The second-order valence-electron chi connectivity index (χ2n) is 18.1. The first-order chi connectivity index (χ1) is 33.6. The van der Waals surface area contributed by atoms with Crippen LogP contribution in [0, 0.1) is 0 Å². The maximum Gasteiger partial charge on any atom is 0.0547 e. The highest BCUT2D eigenvalue weighted by molar-refractivity contribution is 6.11. The van der Waals surface area contributed by atoms with Gasteiger partial charge in [0.15, 0.2) is 0 Å². The van der Waals surface area contributed by atoms with Gasteiger partial charge < -0.3 is 9.47 Å². The van der Waals surface area contributed by atoms with Crippen molar-refractivity contribution in [2.24, 2.45) is 0 Å². The van der Waals surface area contributed by atoms with E-state index >= 15 is 0 Å². The van der Waals surface area contributed by atoms with E-state index in [4.69, 9.17) is 0 Å². The number of para-hydroxylation sites is 3. The lowest BCUT2D eigenvalue weighted by Gasteiger charge is -2.32. The second-order valence-corrected chi connectivity index (χ2v) is 18.1. The highest BCUT2D eigenvalue weighted by Crippen LogP contribution is 2.57. The molecule has 0 radical (unpaired) electrons. The first-order valence-corrected chi connectivity index (χ1v) is 23.6. The number of anilines is 3. The first-order valence-electron chi connectivity index (χ1n) is 23.6. The molecule has 0 saturated heterocycles. The van der Waals surface area contributed by atoms with E-state index in [1.165, 1.54) is 88.2 Å². The lowest BCUT2D eigenvalue weighted by atomic mass is 9.74. The highest BCUT2D eigenvalue weighted by atomic mass is 15.1. The van der Waals surface area contributed by atoms with Gasteiger partial charge in [-0.3, -0.25) is 0 Å². The molecule has 13 rings (SSSR count). The summed E-state index contributed by atoms with van der Waals surface area (Å²) in [5.74, 6) is 0. The molecule has 1 aliphatic carbocycles. The number of aromatic nitrogens is 1. The van der Waals surface area contributed by atoms with Crippen molar-refractivity contribution in [2.45, 2.75) is 12.3 Å². The van der Waals surface area contributed by atoms with E-state index in [0.29, 0.717) is 0 Å². The Bertz CT molecular complexity index is 3840. The maximum absolute atomic E-state index is 2.52. The van der Waals surface area contributed by atoms with Crippen LogP contribution >= 0.6 is 0 Å². The molecular formula is C66H46N2. The summed E-state index contributed by atoms with van der Waals surface area (Å²) in [6.07, 6.45) is 0. The molecule has 12 aromatic rings. The summed E-state index contributed by atoms with van der Waals surface area (Å²) < 4.78 is 2.40. The van der Waals surface area contributed by atoms with Gasteiger partial charge >= 0.3 is 0 Å². The number of fused-ring (bicyclic) bond motifs is 7. The predicted molar refractivity (Wildman–Crippen MR) is 287 cm³/mol. The van der Waals surface area contributed by atoms with E-state index in [1.807, 2.05) is 0 Å². The first kappa shape index (κ1) is 39.6. The van der Waals surface area contributed by atoms with E-state index in [1.54, 1.807) is 0 Å². The van der Waals surface area contributed by atoms with Crippen molar-refractivity contribution in [2.75, 3.05) is 4.90 Å². The third-order valence-electron chi connectivity index (χ3n) is 14.5. The van der Waals surface area contributed by atoms with Crippen molar-refractivity contribution in [3.05, 3.63) is 278 Å². The average molecular weight is 867 g/mol. The van der Waals surface area contributed by atoms with Gasteiger partial charge in [-0.2, -0.15) is 0 Å². The summed E-state index contributed by atoms with van der Waals surface area (Å²) in [6, 6.07) is 95.9. The molecule has 0 saturated carbocycles. The molecule has 0 amide bonds. The Hall–Kier alpha value is -8.72. The Morgan fingerprint density at radius 2 is 0.941 bits per heavy atom. The van der Waals surface area contributed by atoms with Crippen LogP contribution in [0.25, 0.3) is 82.8 Å². The lowest BCUT2D eigenvalue weighted by molar-refractivity contribution is 0.714. The van der Waals surface area contributed by atoms with Gasteiger partial charge in [0.25, 0.3) is 0 Å². The number of benzene rings is 11. The lowest BCUT2D eigenvalue weighted by Crippen LogP contribution is -2.22. The molecule has 1 atom stereocenters. The van der Waals surface area contributed by atoms with Crippen molar-refractivity contribution in [1.29, 1.82) is 0 Å². The minimum absolute atomic E-state index is 0.348. The van der Waals surface area contributed by atoms with Crippen LogP contribution in [0.3, 0.4) is 0 Å². The van der Waals surface area contributed by atoms with Gasteiger partial charge in [-0.15, -0.1) is 0 Å². The third-order valence-corrected chi connectivity index (χ3v) is 14.5. The van der Waals surface area contributed by atoms with Crippen LogP contribution in [-0.2, 0) is 5.41 Å². The topological polar surface area (TPSA) is 8.17 Å². The van der Waals surface area contributed by atoms with Gasteiger partial charge in [0, 0.05) is 38.7 Å². The fraction of sp³-hybridized carbons (Fsp3) is 0.0303. The summed E-state index contributed by atoms with van der Waals surface area (Å²) in [7, 11) is 0. The highest BCUT2D eigenvalue weighted by Gasteiger charge is 2.42. The van der Waals surface area contributed by atoms with Crippen LogP contribution in [-0.4, -0.2) is 4.57 Å². The monoisotopic (exact) mass is 866 g/mol. The molecule has 0 N–H and O–H groups in total. The van der Waals surface area contributed by atoms with E-state index in [0.717, 1.165) is 28.3 Å². The molecule has 1 unspecified atom stereocenters. The number of nitrogens with zero attached hydrogens (tertiary/aromatic N) is 2. The predicted octanol–water partition coefficient (Wildman–Crippen LogP) is 17.7. The van der Waals surface area contributed by atoms with E-state index in [9.17, 15) is 0 Å². The van der Waals surface area contributed by atoms with Gasteiger partial charge in [-0.25, -0.2) is 0 Å². The Balaban J connectivity index is 1.03. The van der Waals surface area contributed by atoms with Crippen molar-refractivity contribution < 1.29 is 0 Å². The van der Waals surface area contributed by atoms with Gasteiger partial charge in [-0.05, 0) is 116 Å². The molecular weight excluding hydrogens is 821 g/mol. The normalized spacial score (nSPS) is 14.0. The largest absolute Gasteiger partial charge is 0.309 e. The average Bonchev–Trinajstić information content (AvgIpc) is 3.89. The third kappa shape index (κ3) is 6.18. The van der Waals surface area contributed by atoms with Crippen molar-refractivity contribution in [1.82, 2.24) is 4.57 Å². The molecule has 1 aliphatic rings. The molecule has 0 spiro atoms. The molecule has 0 bridgehead atoms. The van der Waals surface area contributed by atoms with Crippen LogP contribution in [0.2, 0.25) is 0 Å². The quantitative estimate of drug-likeness (QED) is 0.148. The second kappa shape index (κ2) is 16.0. The van der Waals surface area contributed by atoms with Gasteiger partial charge in [0.2, 0.25) is 0 Å². The minimum atomic E-state index is -0.348. The van der Waals surface area contributed by atoms with Gasteiger partial charge in [0.05, 0.1) is 22.4 Å². The van der Waals surface area contributed by atoms with Crippen molar-refractivity contribution in [3.8, 4) is 50.2 Å². The molecule has 2 nitrogen and oxygen atoms in total. The van der Waals surface area contributed by atoms with Crippen molar-refractivity contribution in [3.63, 3.8) is 0 Å². The Kier molecular flexibility index (Phi) is 9.33. The maximum atomic E-state index is 2.52. The zero-order chi connectivity index (χ0) is 45.2. The SMILES string of the molecule is CC1(c2ccccc2)c2ccccc2-c2c(N(c3ccc(-c4ccc5c6ccccc6n(-c6ccccc6)c5c4)cc3)c3ccccc3-c3cccc4cccc(-c5ccccc5)c34)cccc21. The summed E-state index contributed by atoms with van der Waals surface area (Å²) in [5, 5.41) is 4.96. The van der Waals surface area contributed by atoms with E-state index < -0.39 is 0 Å². The van der Waals surface area contributed by atoms with Crippen LogP contribution < -0.4 is 4.90 Å². The number of hydrogen-bond donors (Lipinski definition) is 0. The molecule has 0 fully saturated rings. The van der Waals surface area contributed by atoms with Gasteiger partial charge in [-0.1, -0.05) is 212 Å².